The summed E-state index contributed by atoms with van der Waals surface area (Å²) < 4.78 is 1.95. The number of fused-ring (bicyclic) bond motifs is 1. The van der Waals surface area contributed by atoms with E-state index in [4.69, 9.17) is 0 Å². The Labute approximate surface area is 207 Å². The minimum atomic E-state index is -0.208. The Bertz CT molecular complexity index is 1360. The Morgan fingerprint density at radius 3 is 2.43 bits per heavy atom. The van der Waals surface area contributed by atoms with Gasteiger partial charge in [-0.25, -0.2) is 4.68 Å². The van der Waals surface area contributed by atoms with Crippen LogP contribution < -0.4 is 5.56 Å². The summed E-state index contributed by atoms with van der Waals surface area (Å²) in [7, 11) is 0. The zero-order valence-corrected chi connectivity index (χ0v) is 21.7. The number of aryl methyl sites for hydroxylation is 2. The molecule has 4 rings (SSSR count). The molecule has 0 aliphatic carbocycles. The first-order valence-electron chi connectivity index (χ1n) is 12.4. The minimum absolute atomic E-state index is 0.0501. The standard InChI is InChI=1S/C28H36N6O/c1-7-25(26-30-31-32-34(26)28(5,6)8-2)33(17-21-12-10-9-11-13-21)18-23-16-22-14-19(3)20(4)15-24(22)29-27(23)35/h9-16,25H,7-8,17-18H2,1-6H3,(H,29,35)/t25-/m0/s1. The molecule has 184 valence electrons. The maximum atomic E-state index is 13.2. The molecule has 4 aromatic rings. The molecule has 2 heterocycles. The first kappa shape index (κ1) is 24.8. The summed E-state index contributed by atoms with van der Waals surface area (Å²) in [6.45, 7) is 13.9. The molecule has 7 heteroatoms. The highest BCUT2D eigenvalue weighted by Gasteiger charge is 2.31. The molecular weight excluding hydrogens is 436 g/mol. The number of rotatable bonds is 9. The molecule has 0 bridgehead atoms. The Balaban J connectivity index is 1.78. The maximum Gasteiger partial charge on any atom is 0.252 e. The first-order chi connectivity index (χ1) is 16.7. The van der Waals surface area contributed by atoms with Crippen LogP contribution in [0.15, 0.2) is 53.3 Å². The molecule has 0 saturated carbocycles. The molecule has 0 aliphatic rings. The van der Waals surface area contributed by atoms with Crippen LogP contribution in [0.3, 0.4) is 0 Å². The average Bonchev–Trinajstić information content (AvgIpc) is 3.32. The number of H-pyrrole nitrogens is 1. The van der Waals surface area contributed by atoms with Crippen LogP contribution >= 0.6 is 0 Å². The van der Waals surface area contributed by atoms with Gasteiger partial charge in [0.1, 0.15) is 0 Å². The van der Waals surface area contributed by atoms with E-state index in [0.29, 0.717) is 13.1 Å². The Morgan fingerprint density at radius 1 is 1.03 bits per heavy atom. The summed E-state index contributed by atoms with van der Waals surface area (Å²) in [4.78, 5) is 18.6. The van der Waals surface area contributed by atoms with Crippen molar-refractivity contribution < 1.29 is 0 Å². The van der Waals surface area contributed by atoms with Gasteiger partial charge in [0.15, 0.2) is 5.82 Å². The lowest BCUT2D eigenvalue weighted by atomic mass is 10.0. The van der Waals surface area contributed by atoms with Crippen LogP contribution in [-0.4, -0.2) is 30.1 Å². The largest absolute Gasteiger partial charge is 0.322 e. The third kappa shape index (κ3) is 5.20. The van der Waals surface area contributed by atoms with Crippen LogP contribution in [-0.2, 0) is 18.6 Å². The van der Waals surface area contributed by atoms with Gasteiger partial charge in [-0.3, -0.25) is 9.69 Å². The molecule has 2 aromatic carbocycles. The van der Waals surface area contributed by atoms with Crippen LogP contribution in [0.2, 0.25) is 0 Å². The van der Waals surface area contributed by atoms with E-state index in [9.17, 15) is 4.79 Å². The smallest absolute Gasteiger partial charge is 0.252 e. The van der Waals surface area contributed by atoms with E-state index in [1.165, 1.54) is 16.7 Å². The van der Waals surface area contributed by atoms with E-state index in [-0.39, 0.29) is 17.1 Å². The van der Waals surface area contributed by atoms with Crippen molar-refractivity contribution in [1.29, 1.82) is 0 Å². The predicted octanol–water partition coefficient (Wildman–Crippen LogP) is 5.43. The van der Waals surface area contributed by atoms with Crippen molar-refractivity contribution in [3.63, 3.8) is 0 Å². The van der Waals surface area contributed by atoms with E-state index >= 15 is 0 Å². The molecule has 35 heavy (non-hydrogen) atoms. The van der Waals surface area contributed by atoms with Crippen molar-refractivity contribution in [2.45, 2.75) is 79.1 Å². The molecule has 0 amide bonds. The van der Waals surface area contributed by atoms with Crippen LogP contribution in [0.4, 0.5) is 0 Å². The van der Waals surface area contributed by atoms with Gasteiger partial charge in [-0.15, -0.1) is 5.10 Å². The summed E-state index contributed by atoms with van der Waals surface area (Å²) in [6, 6.07) is 16.5. The van der Waals surface area contributed by atoms with Crippen LogP contribution in [0.25, 0.3) is 10.9 Å². The summed E-state index contributed by atoms with van der Waals surface area (Å²) >= 11 is 0. The summed E-state index contributed by atoms with van der Waals surface area (Å²) in [5.41, 5.74) is 4.92. The van der Waals surface area contributed by atoms with Crippen LogP contribution in [0.1, 0.15) is 74.7 Å². The van der Waals surface area contributed by atoms with Crippen molar-refractivity contribution in [2.24, 2.45) is 0 Å². The SMILES string of the molecule is CC[C@@H](c1nnnn1C(C)(C)CC)N(Cc1ccccc1)Cc1cc2cc(C)c(C)cc2[nH]c1=O. The molecule has 0 spiro atoms. The molecule has 0 fully saturated rings. The van der Waals surface area contributed by atoms with Gasteiger partial charge in [0, 0.05) is 24.2 Å². The second-order valence-electron chi connectivity index (χ2n) is 10.1. The highest BCUT2D eigenvalue weighted by atomic mass is 16.1. The van der Waals surface area contributed by atoms with Gasteiger partial charge in [0.2, 0.25) is 0 Å². The molecular formula is C28H36N6O. The van der Waals surface area contributed by atoms with Gasteiger partial charge in [0.05, 0.1) is 11.6 Å². The highest BCUT2D eigenvalue weighted by Crippen LogP contribution is 2.30. The van der Waals surface area contributed by atoms with Gasteiger partial charge in [0.25, 0.3) is 5.56 Å². The summed E-state index contributed by atoms with van der Waals surface area (Å²) in [5, 5.41) is 13.9. The minimum Gasteiger partial charge on any atom is -0.322 e. The molecule has 7 nitrogen and oxygen atoms in total. The number of nitrogens with one attached hydrogen (secondary N) is 1. The lowest BCUT2D eigenvalue weighted by Crippen LogP contribution is -2.36. The molecule has 2 aromatic heterocycles. The number of tetrazole rings is 1. The Morgan fingerprint density at radius 2 is 1.74 bits per heavy atom. The topological polar surface area (TPSA) is 79.7 Å². The number of aromatic nitrogens is 5. The first-order valence-corrected chi connectivity index (χ1v) is 12.4. The van der Waals surface area contributed by atoms with E-state index in [0.717, 1.165) is 35.1 Å². The lowest BCUT2D eigenvalue weighted by molar-refractivity contribution is 0.150. The van der Waals surface area contributed by atoms with Crippen molar-refractivity contribution in [3.05, 3.63) is 87.0 Å². The Kier molecular flexibility index (Phi) is 7.17. The number of pyridine rings is 1. The van der Waals surface area contributed by atoms with E-state index < -0.39 is 0 Å². The van der Waals surface area contributed by atoms with E-state index in [1.807, 2.05) is 35.0 Å². The van der Waals surface area contributed by atoms with E-state index in [2.05, 4.69) is 85.2 Å². The van der Waals surface area contributed by atoms with Crippen LogP contribution in [0.5, 0.6) is 0 Å². The third-order valence-electron chi connectivity index (χ3n) is 7.20. The zero-order valence-electron chi connectivity index (χ0n) is 21.7. The van der Waals surface area contributed by atoms with Gasteiger partial charge in [-0.1, -0.05) is 44.2 Å². The second-order valence-corrected chi connectivity index (χ2v) is 10.1. The van der Waals surface area contributed by atoms with E-state index in [1.54, 1.807) is 0 Å². The highest BCUT2D eigenvalue weighted by molar-refractivity contribution is 5.80. The van der Waals surface area contributed by atoms with Gasteiger partial charge >= 0.3 is 0 Å². The molecule has 1 N–H and O–H groups in total. The number of aromatic amines is 1. The molecule has 0 aliphatic heterocycles. The number of benzene rings is 2. The number of hydrogen-bond acceptors (Lipinski definition) is 5. The maximum absolute atomic E-state index is 13.2. The number of hydrogen-bond donors (Lipinski definition) is 1. The molecule has 0 radical (unpaired) electrons. The normalized spacial score (nSPS) is 13.0. The monoisotopic (exact) mass is 472 g/mol. The van der Waals surface area contributed by atoms with Gasteiger partial charge < -0.3 is 4.98 Å². The summed E-state index contributed by atoms with van der Waals surface area (Å²) in [5.74, 6) is 0.832. The fourth-order valence-electron chi connectivity index (χ4n) is 4.54. The fraction of sp³-hybridized carbons (Fsp3) is 0.429. The van der Waals surface area contributed by atoms with Crippen LogP contribution in [0, 0.1) is 13.8 Å². The second kappa shape index (κ2) is 10.1. The average molecular weight is 473 g/mol. The quantitative estimate of drug-likeness (QED) is 0.351. The Hall–Kier alpha value is -3.32. The summed E-state index contributed by atoms with van der Waals surface area (Å²) in [6.07, 6.45) is 1.72. The third-order valence-corrected chi connectivity index (χ3v) is 7.20. The molecule has 0 unspecified atom stereocenters. The fourth-order valence-corrected chi connectivity index (χ4v) is 4.54. The molecule has 1 atom stereocenters. The lowest BCUT2D eigenvalue weighted by Gasteiger charge is -2.33. The van der Waals surface area contributed by atoms with Crippen molar-refractivity contribution in [1.82, 2.24) is 30.1 Å². The van der Waals surface area contributed by atoms with Crippen molar-refractivity contribution >= 4 is 10.9 Å². The van der Waals surface area contributed by atoms with Gasteiger partial charge in [-0.2, -0.15) is 0 Å². The number of nitrogens with zero attached hydrogens (tertiary/aromatic N) is 5. The van der Waals surface area contributed by atoms with Crippen molar-refractivity contribution in [2.75, 3.05) is 0 Å². The van der Waals surface area contributed by atoms with Crippen molar-refractivity contribution in [3.8, 4) is 0 Å². The predicted molar refractivity (Wildman–Crippen MR) is 140 cm³/mol. The van der Waals surface area contributed by atoms with Gasteiger partial charge in [-0.05, 0) is 91.2 Å². The molecule has 0 saturated heterocycles. The zero-order chi connectivity index (χ0) is 25.2.